The highest BCUT2D eigenvalue weighted by molar-refractivity contribution is 9.10. The maximum atomic E-state index is 5.67. The Morgan fingerprint density at radius 2 is 2.12 bits per heavy atom. The number of anilines is 1. The van der Waals surface area contributed by atoms with Crippen LogP contribution < -0.4 is 10.5 Å². The van der Waals surface area contributed by atoms with Gasteiger partial charge in [0, 0.05) is 18.0 Å². The Kier molecular flexibility index (Phi) is 3.10. The van der Waals surface area contributed by atoms with Gasteiger partial charge in [0.05, 0.1) is 4.47 Å². The molecule has 0 spiro atoms. The van der Waals surface area contributed by atoms with Gasteiger partial charge in [0.15, 0.2) is 0 Å². The molecular formula is C12H11BrN2O. The second-order valence-corrected chi connectivity index (χ2v) is 4.21. The molecule has 2 rings (SSSR count). The topological polar surface area (TPSA) is 48.1 Å². The molecule has 2 N–H and O–H groups in total. The average molecular weight is 279 g/mol. The number of benzene rings is 1. The molecule has 4 heteroatoms. The Bertz CT molecular complexity index is 514. The van der Waals surface area contributed by atoms with E-state index in [0.29, 0.717) is 17.3 Å². The zero-order chi connectivity index (χ0) is 11.5. The summed E-state index contributed by atoms with van der Waals surface area (Å²) in [4.78, 5) is 4.15. The van der Waals surface area contributed by atoms with Crippen LogP contribution in [0.5, 0.6) is 11.6 Å². The molecule has 0 bridgehead atoms. The number of pyridine rings is 1. The lowest BCUT2D eigenvalue weighted by Gasteiger charge is -2.08. The molecule has 0 aliphatic heterocycles. The number of nitrogens with two attached hydrogens (primary N) is 1. The SMILES string of the molecule is Cc1ccnc(Oc2cccc(N)c2)c1Br. The summed E-state index contributed by atoms with van der Waals surface area (Å²) in [5, 5.41) is 0. The van der Waals surface area contributed by atoms with Gasteiger partial charge in [0.2, 0.25) is 5.88 Å². The third kappa shape index (κ3) is 2.33. The number of ether oxygens (including phenoxy) is 1. The smallest absolute Gasteiger partial charge is 0.233 e. The van der Waals surface area contributed by atoms with Gasteiger partial charge in [0.1, 0.15) is 5.75 Å². The van der Waals surface area contributed by atoms with Crippen LogP contribution >= 0.6 is 15.9 Å². The first-order chi connectivity index (χ1) is 7.66. The van der Waals surface area contributed by atoms with E-state index in [4.69, 9.17) is 10.5 Å². The van der Waals surface area contributed by atoms with Gasteiger partial charge >= 0.3 is 0 Å². The van der Waals surface area contributed by atoms with E-state index < -0.39 is 0 Å². The van der Waals surface area contributed by atoms with Gasteiger partial charge in [-0.2, -0.15) is 0 Å². The molecule has 2 aromatic rings. The largest absolute Gasteiger partial charge is 0.438 e. The van der Waals surface area contributed by atoms with Gasteiger partial charge < -0.3 is 10.5 Å². The van der Waals surface area contributed by atoms with Gasteiger partial charge in [-0.05, 0) is 46.6 Å². The molecule has 0 fully saturated rings. The molecule has 0 unspecified atom stereocenters. The summed E-state index contributed by atoms with van der Waals surface area (Å²) < 4.78 is 6.49. The molecule has 0 atom stereocenters. The van der Waals surface area contributed by atoms with Crippen molar-refractivity contribution in [3.05, 3.63) is 46.6 Å². The lowest BCUT2D eigenvalue weighted by Crippen LogP contribution is -1.92. The summed E-state index contributed by atoms with van der Waals surface area (Å²) in [6.45, 7) is 1.98. The highest BCUT2D eigenvalue weighted by Gasteiger charge is 2.06. The number of rotatable bonds is 2. The van der Waals surface area contributed by atoms with Crippen molar-refractivity contribution in [2.75, 3.05) is 5.73 Å². The summed E-state index contributed by atoms with van der Waals surface area (Å²) in [6, 6.07) is 9.17. The zero-order valence-corrected chi connectivity index (χ0v) is 10.4. The number of nitrogen functional groups attached to an aromatic ring is 1. The second-order valence-electron chi connectivity index (χ2n) is 3.42. The summed E-state index contributed by atoms with van der Waals surface area (Å²) in [5.74, 6) is 1.23. The number of aryl methyl sites for hydroxylation is 1. The molecule has 0 amide bonds. The number of hydrogen-bond acceptors (Lipinski definition) is 3. The van der Waals surface area contributed by atoms with Crippen LogP contribution in [0.4, 0.5) is 5.69 Å². The number of halogens is 1. The molecule has 0 aliphatic carbocycles. The molecule has 0 saturated heterocycles. The van der Waals surface area contributed by atoms with E-state index in [2.05, 4.69) is 20.9 Å². The van der Waals surface area contributed by atoms with E-state index in [9.17, 15) is 0 Å². The minimum atomic E-state index is 0.547. The standard InChI is InChI=1S/C12H11BrN2O/c1-8-5-6-15-12(11(8)13)16-10-4-2-3-9(14)7-10/h2-7H,14H2,1H3. The Balaban J connectivity index is 2.31. The van der Waals surface area contributed by atoms with Gasteiger partial charge in [-0.15, -0.1) is 0 Å². The fraction of sp³-hybridized carbons (Fsp3) is 0.0833. The van der Waals surface area contributed by atoms with E-state index in [1.54, 1.807) is 12.3 Å². The molecule has 0 saturated carbocycles. The Labute approximate surface area is 102 Å². The van der Waals surface area contributed by atoms with E-state index in [-0.39, 0.29) is 0 Å². The van der Waals surface area contributed by atoms with Crippen molar-refractivity contribution in [2.24, 2.45) is 0 Å². The average Bonchev–Trinajstić information content (AvgIpc) is 2.25. The first-order valence-corrected chi connectivity index (χ1v) is 5.60. The maximum absolute atomic E-state index is 5.67. The van der Waals surface area contributed by atoms with Crippen molar-refractivity contribution in [3.63, 3.8) is 0 Å². The van der Waals surface area contributed by atoms with Crippen LogP contribution in [0.15, 0.2) is 41.0 Å². The number of nitrogens with zero attached hydrogens (tertiary/aromatic N) is 1. The van der Waals surface area contributed by atoms with Gasteiger partial charge in [-0.25, -0.2) is 4.98 Å². The molecule has 3 nitrogen and oxygen atoms in total. The van der Waals surface area contributed by atoms with Crippen molar-refractivity contribution >= 4 is 21.6 Å². The quantitative estimate of drug-likeness (QED) is 0.855. The normalized spacial score (nSPS) is 10.1. The summed E-state index contributed by atoms with van der Waals surface area (Å²) in [6.07, 6.45) is 1.71. The molecule has 16 heavy (non-hydrogen) atoms. The van der Waals surface area contributed by atoms with Crippen LogP contribution in [0, 0.1) is 6.92 Å². The lowest BCUT2D eigenvalue weighted by molar-refractivity contribution is 0.459. The lowest BCUT2D eigenvalue weighted by atomic mass is 10.3. The van der Waals surface area contributed by atoms with Crippen molar-refractivity contribution in [2.45, 2.75) is 6.92 Å². The van der Waals surface area contributed by atoms with Crippen LogP contribution in [0.1, 0.15) is 5.56 Å². The van der Waals surface area contributed by atoms with Crippen LogP contribution in [0.2, 0.25) is 0 Å². The molecular weight excluding hydrogens is 268 g/mol. The van der Waals surface area contributed by atoms with Crippen LogP contribution in [-0.4, -0.2) is 4.98 Å². The van der Waals surface area contributed by atoms with Gasteiger partial charge in [-0.1, -0.05) is 6.07 Å². The number of aromatic nitrogens is 1. The molecule has 1 heterocycles. The van der Waals surface area contributed by atoms with Gasteiger partial charge in [-0.3, -0.25) is 0 Å². The fourth-order valence-electron chi connectivity index (χ4n) is 1.28. The zero-order valence-electron chi connectivity index (χ0n) is 8.77. The maximum Gasteiger partial charge on any atom is 0.233 e. The highest BCUT2D eigenvalue weighted by Crippen LogP contribution is 2.30. The van der Waals surface area contributed by atoms with Crippen LogP contribution in [-0.2, 0) is 0 Å². The first kappa shape index (κ1) is 11.0. The summed E-state index contributed by atoms with van der Waals surface area (Å²) >= 11 is 3.44. The molecule has 1 aromatic heterocycles. The van der Waals surface area contributed by atoms with Crippen LogP contribution in [0.3, 0.4) is 0 Å². The third-order valence-corrected chi connectivity index (χ3v) is 3.09. The van der Waals surface area contributed by atoms with Crippen LogP contribution in [0.25, 0.3) is 0 Å². The second kappa shape index (κ2) is 4.53. The predicted molar refractivity (Wildman–Crippen MR) is 67.6 cm³/mol. The molecule has 0 radical (unpaired) electrons. The first-order valence-electron chi connectivity index (χ1n) is 4.81. The van der Waals surface area contributed by atoms with Crippen molar-refractivity contribution in [3.8, 4) is 11.6 Å². The van der Waals surface area contributed by atoms with Crippen molar-refractivity contribution < 1.29 is 4.74 Å². The summed E-state index contributed by atoms with van der Waals surface area (Å²) in [5.41, 5.74) is 7.41. The monoisotopic (exact) mass is 278 g/mol. The number of hydrogen-bond donors (Lipinski definition) is 1. The highest BCUT2D eigenvalue weighted by atomic mass is 79.9. The van der Waals surface area contributed by atoms with E-state index in [1.165, 1.54) is 0 Å². The molecule has 1 aromatic carbocycles. The van der Waals surface area contributed by atoms with Crippen molar-refractivity contribution in [1.82, 2.24) is 4.98 Å². The van der Waals surface area contributed by atoms with E-state index in [1.807, 2.05) is 31.2 Å². The Morgan fingerprint density at radius 1 is 1.31 bits per heavy atom. The van der Waals surface area contributed by atoms with Gasteiger partial charge in [0.25, 0.3) is 0 Å². The molecule has 0 aliphatic rings. The Hall–Kier alpha value is -1.55. The predicted octanol–water partition coefficient (Wildman–Crippen LogP) is 3.53. The van der Waals surface area contributed by atoms with E-state index >= 15 is 0 Å². The van der Waals surface area contributed by atoms with E-state index in [0.717, 1.165) is 10.0 Å². The molecule has 82 valence electrons. The minimum Gasteiger partial charge on any atom is -0.438 e. The Morgan fingerprint density at radius 3 is 2.88 bits per heavy atom. The third-order valence-electron chi connectivity index (χ3n) is 2.12. The summed E-state index contributed by atoms with van der Waals surface area (Å²) in [7, 11) is 0. The fourth-order valence-corrected chi connectivity index (χ4v) is 1.59. The minimum absolute atomic E-state index is 0.547. The van der Waals surface area contributed by atoms with Crippen molar-refractivity contribution in [1.29, 1.82) is 0 Å².